The molecular formula is C13H18N2. The van der Waals surface area contributed by atoms with Gasteiger partial charge < -0.3 is 5.32 Å². The third-order valence-corrected chi connectivity index (χ3v) is 4.15. The third kappa shape index (κ3) is 1.57. The van der Waals surface area contributed by atoms with Gasteiger partial charge in [0.15, 0.2) is 0 Å². The SMILES string of the molecule is c1cncc(C2(C3CCNCC3)CC2)c1. The average Bonchev–Trinajstić information content (AvgIpc) is 3.13. The fourth-order valence-electron chi connectivity index (χ4n) is 3.10. The van der Waals surface area contributed by atoms with Gasteiger partial charge in [-0.3, -0.25) is 4.98 Å². The molecule has 0 radical (unpaired) electrons. The van der Waals surface area contributed by atoms with Crippen molar-refractivity contribution in [1.82, 2.24) is 10.3 Å². The van der Waals surface area contributed by atoms with Crippen molar-refractivity contribution in [3.8, 4) is 0 Å². The van der Waals surface area contributed by atoms with Crippen LogP contribution in [0.1, 0.15) is 31.2 Å². The van der Waals surface area contributed by atoms with Gasteiger partial charge in [0, 0.05) is 12.4 Å². The molecule has 0 aromatic carbocycles. The fraction of sp³-hybridized carbons (Fsp3) is 0.615. The number of piperidine rings is 1. The van der Waals surface area contributed by atoms with Crippen LogP contribution in [0.2, 0.25) is 0 Å². The van der Waals surface area contributed by atoms with Crippen LogP contribution in [0, 0.1) is 5.92 Å². The summed E-state index contributed by atoms with van der Waals surface area (Å²) in [7, 11) is 0. The molecule has 1 aliphatic heterocycles. The first-order chi connectivity index (χ1) is 7.42. The fourth-order valence-corrected chi connectivity index (χ4v) is 3.10. The Morgan fingerprint density at radius 2 is 2.07 bits per heavy atom. The third-order valence-electron chi connectivity index (χ3n) is 4.15. The number of hydrogen-bond donors (Lipinski definition) is 1. The van der Waals surface area contributed by atoms with Crippen molar-refractivity contribution in [2.45, 2.75) is 31.1 Å². The minimum Gasteiger partial charge on any atom is -0.317 e. The second kappa shape index (κ2) is 3.60. The highest BCUT2D eigenvalue weighted by Crippen LogP contribution is 2.56. The molecule has 1 saturated heterocycles. The number of hydrogen-bond acceptors (Lipinski definition) is 2. The molecule has 0 atom stereocenters. The Labute approximate surface area is 91.1 Å². The van der Waals surface area contributed by atoms with E-state index in [1.54, 1.807) is 0 Å². The van der Waals surface area contributed by atoms with Crippen LogP contribution in [-0.4, -0.2) is 18.1 Å². The van der Waals surface area contributed by atoms with Crippen LogP contribution in [-0.2, 0) is 5.41 Å². The van der Waals surface area contributed by atoms with Crippen LogP contribution in [0.15, 0.2) is 24.5 Å². The van der Waals surface area contributed by atoms with Crippen LogP contribution >= 0.6 is 0 Å². The molecule has 1 aromatic rings. The van der Waals surface area contributed by atoms with Crippen molar-refractivity contribution in [3.05, 3.63) is 30.1 Å². The molecule has 15 heavy (non-hydrogen) atoms. The molecule has 2 heteroatoms. The van der Waals surface area contributed by atoms with E-state index in [0.717, 1.165) is 5.92 Å². The summed E-state index contributed by atoms with van der Waals surface area (Å²) >= 11 is 0. The quantitative estimate of drug-likeness (QED) is 0.794. The minimum atomic E-state index is 0.510. The van der Waals surface area contributed by atoms with Gasteiger partial charge in [-0.15, -0.1) is 0 Å². The van der Waals surface area contributed by atoms with Crippen molar-refractivity contribution in [2.75, 3.05) is 13.1 Å². The molecule has 2 fully saturated rings. The minimum absolute atomic E-state index is 0.510. The van der Waals surface area contributed by atoms with E-state index in [1.165, 1.54) is 44.3 Å². The zero-order valence-corrected chi connectivity index (χ0v) is 9.08. The first-order valence-corrected chi connectivity index (χ1v) is 6.03. The second-order valence-electron chi connectivity index (χ2n) is 4.92. The molecule has 2 aliphatic rings. The summed E-state index contributed by atoms with van der Waals surface area (Å²) in [5, 5.41) is 3.45. The zero-order chi connectivity index (χ0) is 10.1. The number of nitrogens with zero attached hydrogens (tertiary/aromatic N) is 1. The van der Waals surface area contributed by atoms with Crippen LogP contribution in [0.4, 0.5) is 0 Å². The first-order valence-electron chi connectivity index (χ1n) is 6.03. The van der Waals surface area contributed by atoms with Gasteiger partial charge in [-0.2, -0.15) is 0 Å². The van der Waals surface area contributed by atoms with Gasteiger partial charge in [-0.1, -0.05) is 6.07 Å². The molecule has 2 heterocycles. The lowest BCUT2D eigenvalue weighted by atomic mass is 9.78. The molecule has 1 N–H and O–H groups in total. The lowest BCUT2D eigenvalue weighted by molar-refractivity contribution is 0.302. The van der Waals surface area contributed by atoms with Crippen molar-refractivity contribution in [3.63, 3.8) is 0 Å². The molecule has 1 aromatic heterocycles. The molecule has 0 amide bonds. The van der Waals surface area contributed by atoms with Crippen LogP contribution in [0.25, 0.3) is 0 Å². The molecule has 0 bridgehead atoms. The van der Waals surface area contributed by atoms with Crippen LogP contribution in [0.3, 0.4) is 0 Å². The van der Waals surface area contributed by atoms with Crippen LogP contribution in [0.5, 0.6) is 0 Å². The van der Waals surface area contributed by atoms with Crippen LogP contribution < -0.4 is 5.32 Å². The standard InChI is InChI=1S/C13H18N2/c1-2-12(10-15-7-1)13(5-6-13)11-3-8-14-9-4-11/h1-2,7,10-11,14H,3-6,8-9H2. The molecule has 0 spiro atoms. The van der Waals surface area contributed by atoms with E-state index in [2.05, 4.69) is 28.6 Å². The largest absolute Gasteiger partial charge is 0.317 e. The summed E-state index contributed by atoms with van der Waals surface area (Å²) in [5.74, 6) is 0.892. The van der Waals surface area contributed by atoms with E-state index >= 15 is 0 Å². The van der Waals surface area contributed by atoms with E-state index in [0.29, 0.717) is 5.41 Å². The smallest absolute Gasteiger partial charge is 0.0305 e. The predicted octanol–water partition coefficient (Wildman–Crippen LogP) is 2.11. The summed E-state index contributed by atoms with van der Waals surface area (Å²) in [6, 6.07) is 4.35. The van der Waals surface area contributed by atoms with E-state index in [4.69, 9.17) is 0 Å². The number of nitrogens with one attached hydrogen (secondary N) is 1. The Morgan fingerprint density at radius 1 is 1.27 bits per heavy atom. The highest BCUT2D eigenvalue weighted by molar-refractivity contribution is 5.30. The van der Waals surface area contributed by atoms with Crippen molar-refractivity contribution >= 4 is 0 Å². The summed E-state index contributed by atoms with van der Waals surface area (Å²) in [5.41, 5.74) is 1.99. The molecule has 0 unspecified atom stereocenters. The summed E-state index contributed by atoms with van der Waals surface area (Å²) in [6.45, 7) is 2.40. The normalized spacial score (nSPS) is 25.1. The van der Waals surface area contributed by atoms with E-state index < -0.39 is 0 Å². The Morgan fingerprint density at radius 3 is 2.67 bits per heavy atom. The first kappa shape index (κ1) is 9.34. The Kier molecular flexibility index (Phi) is 2.24. The Balaban J connectivity index is 1.84. The molecule has 1 aliphatic carbocycles. The maximum Gasteiger partial charge on any atom is 0.0305 e. The highest BCUT2D eigenvalue weighted by atomic mass is 14.9. The van der Waals surface area contributed by atoms with Gasteiger partial charge in [0.25, 0.3) is 0 Å². The van der Waals surface area contributed by atoms with Crippen molar-refractivity contribution < 1.29 is 0 Å². The molecule has 2 nitrogen and oxygen atoms in total. The lowest BCUT2D eigenvalue weighted by Crippen LogP contribution is -2.34. The van der Waals surface area contributed by atoms with E-state index in [1.807, 2.05) is 6.20 Å². The molecule has 80 valence electrons. The monoisotopic (exact) mass is 202 g/mol. The topological polar surface area (TPSA) is 24.9 Å². The maximum atomic E-state index is 4.27. The van der Waals surface area contributed by atoms with Crippen molar-refractivity contribution in [2.24, 2.45) is 5.92 Å². The number of rotatable bonds is 2. The van der Waals surface area contributed by atoms with E-state index in [-0.39, 0.29) is 0 Å². The molecular weight excluding hydrogens is 184 g/mol. The van der Waals surface area contributed by atoms with Gasteiger partial charge in [-0.05, 0) is 61.7 Å². The van der Waals surface area contributed by atoms with E-state index in [9.17, 15) is 0 Å². The van der Waals surface area contributed by atoms with Crippen molar-refractivity contribution in [1.29, 1.82) is 0 Å². The van der Waals surface area contributed by atoms with Gasteiger partial charge in [0.05, 0.1) is 0 Å². The van der Waals surface area contributed by atoms with Gasteiger partial charge in [-0.25, -0.2) is 0 Å². The predicted molar refractivity (Wildman–Crippen MR) is 60.7 cm³/mol. The van der Waals surface area contributed by atoms with Gasteiger partial charge in [0.2, 0.25) is 0 Å². The Hall–Kier alpha value is -0.890. The lowest BCUT2D eigenvalue weighted by Gasteiger charge is -2.31. The molecule has 1 saturated carbocycles. The Bertz CT molecular complexity index is 324. The van der Waals surface area contributed by atoms with Gasteiger partial charge >= 0.3 is 0 Å². The summed E-state index contributed by atoms with van der Waals surface area (Å²) in [4.78, 5) is 4.27. The zero-order valence-electron chi connectivity index (χ0n) is 9.08. The summed E-state index contributed by atoms with van der Waals surface area (Å²) in [6.07, 6.45) is 9.40. The number of pyridine rings is 1. The summed E-state index contributed by atoms with van der Waals surface area (Å²) < 4.78 is 0. The average molecular weight is 202 g/mol. The second-order valence-corrected chi connectivity index (χ2v) is 4.92. The number of aromatic nitrogens is 1. The maximum absolute atomic E-state index is 4.27. The van der Waals surface area contributed by atoms with Gasteiger partial charge in [0.1, 0.15) is 0 Å². The highest BCUT2D eigenvalue weighted by Gasteiger charge is 2.50. The molecule has 3 rings (SSSR count).